The quantitative estimate of drug-likeness (QED) is 0.681. The molecular formula is C22H26N6O2. The molecular weight excluding hydrogens is 380 g/mol. The van der Waals surface area contributed by atoms with Crippen LogP contribution >= 0.6 is 0 Å². The highest BCUT2D eigenvalue weighted by atomic mass is 16.2. The molecule has 1 aliphatic heterocycles. The Labute approximate surface area is 176 Å². The van der Waals surface area contributed by atoms with E-state index in [9.17, 15) is 9.59 Å². The zero-order valence-corrected chi connectivity index (χ0v) is 17.0. The number of amides is 3. The summed E-state index contributed by atoms with van der Waals surface area (Å²) in [5.74, 6) is 0.755. The van der Waals surface area contributed by atoms with Crippen LogP contribution in [0.15, 0.2) is 42.6 Å². The van der Waals surface area contributed by atoms with Crippen molar-refractivity contribution < 1.29 is 9.59 Å². The first-order valence-electron chi connectivity index (χ1n) is 10.1. The zero-order valence-electron chi connectivity index (χ0n) is 17.0. The number of benzene rings is 1. The molecule has 0 saturated carbocycles. The van der Waals surface area contributed by atoms with Crippen molar-refractivity contribution in [3.63, 3.8) is 0 Å². The number of carbonyl (C=O) groups is 2. The highest BCUT2D eigenvalue weighted by molar-refractivity contribution is 5.94. The Morgan fingerprint density at radius 1 is 1.13 bits per heavy atom. The molecule has 0 unspecified atom stereocenters. The van der Waals surface area contributed by atoms with Gasteiger partial charge in [0.2, 0.25) is 0 Å². The van der Waals surface area contributed by atoms with Gasteiger partial charge in [0.05, 0.1) is 5.56 Å². The summed E-state index contributed by atoms with van der Waals surface area (Å²) in [5.41, 5.74) is 2.08. The molecule has 2 aromatic rings. The van der Waals surface area contributed by atoms with Crippen molar-refractivity contribution in [2.75, 3.05) is 24.5 Å². The Kier molecular flexibility index (Phi) is 7.22. The van der Waals surface area contributed by atoms with E-state index in [0.717, 1.165) is 37.3 Å². The molecule has 0 atom stereocenters. The van der Waals surface area contributed by atoms with Crippen LogP contribution in [0.25, 0.3) is 0 Å². The molecule has 3 N–H and O–H groups in total. The van der Waals surface area contributed by atoms with Crippen molar-refractivity contribution in [1.82, 2.24) is 20.9 Å². The summed E-state index contributed by atoms with van der Waals surface area (Å²) < 4.78 is 0. The molecule has 0 aliphatic carbocycles. The van der Waals surface area contributed by atoms with E-state index < -0.39 is 0 Å². The highest BCUT2D eigenvalue weighted by Gasteiger charge is 2.21. The lowest BCUT2D eigenvalue weighted by atomic mass is 10.1. The number of anilines is 1. The van der Waals surface area contributed by atoms with Crippen molar-refractivity contribution in [1.29, 1.82) is 5.26 Å². The van der Waals surface area contributed by atoms with Crippen LogP contribution < -0.4 is 20.9 Å². The summed E-state index contributed by atoms with van der Waals surface area (Å²) in [6, 6.07) is 12.8. The fourth-order valence-electron chi connectivity index (χ4n) is 3.35. The van der Waals surface area contributed by atoms with Crippen LogP contribution in [0.4, 0.5) is 10.6 Å². The van der Waals surface area contributed by atoms with Crippen LogP contribution in [0.5, 0.6) is 0 Å². The van der Waals surface area contributed by atoms with E-state index in [0.29, 0.717) is 24.2 Å². The summed E-state index contributed by atoms with van der Waals surface area (Å²) in [5, 5.41) is 17.5. The normalized spacial score (nSPS) is 13.9. The van der Waals surface area contributed by atoms with Crippen LogP contribution in [-0.2, 0) is 6.54 Å². The third-order valence-electron chi connectivity index (χ3n) is 5.04. The number of hydrogen-bond acceptors (Lipinski definition) is 5. The standard InChI is InChI=1S/C22H26N6O2/c1-2-24-21(29)18-6-3-16(4-7-18)14-26-22(30)27-19-9-11-28(12-10-19)20-8-5-17(13-23)15-25-20/h3-8,15,19H,2,9-12,14H2,1H3,(H,24,29)(H2,26,27,30). The topological polar surface area (TPSA) is 110 Å². The number of carbonyl (C=O) groups excluding carboxylic acids is 2. The third-order valence-corrected chi connectivity index (χ3v) is 5.04. The molecule has 3 rings (SSSR count). The van der Waals surface area contributed by atoms with Crippen LogP contribution in [0, 0.1) is 11.3 Å². The number of aromatic nitrogens is 1. The van der Waals surface area contributed by atoms with Crippen molar-refractivity contribution in [3.05, 3.63) is 59.3 Å². The molecule has 1 fully saturated rings. The first-order valence-corrected chi connectivity index (χ1v) is 10.1. The van der Waals surface area contributed by atoms with E-state index >= 15 is 0 Å². The number of pyridine rings is 1. The van der Waals surface area contributed by atoms with Gasteiger partial charge < -0.3 is 20.9 Å². The van der Waals surface area contributed by atoms with Crippen LogP contribution in [0.1, 0.15) is 41.3 Å². The lowest BCUT2D eigenvalue weighted by molar-refractivity contribution is 0.0955. The summed E-state index contributed by atoms with van der Waals surface area (Å²) in [6.45, 7) is 4.46. The van der Waals surface area contributed by atoms with E-state index in [-0.39, 0.29) is 18.0 Å². The summed E-state index contributed by atoms with van der Waals surface area (Å²) in [6.07, 6.45) is 3.24. The monoisotopic (exact) mass is 406 g/mol. The maximum absolute atomic E-state index is 12.2. The van der Waals surface area contributed by atoms with Crippen molar-refractivity contribution in [2.45, 2.75) is 32.4 Å². The van der Waals surface area contributed by atoms with Gasteiger partial charge in [0, 0.05) is 44.0 Å². The van der Waals surface area contributed by atoms with Gasteiger partial charge >= 0.3 is 6.03 Å². The van der Waals surface area contributed by atoms with Crippen molar-refractivity contribution >= 4 is 17.8 Å². The highest BCUT2D eigenvalue weighted by Crippen LogP contribution is 2.18. The predicted octanol–water partition coefficient (Wildman–Crippen LogP) is 2.17. The summed E-state index contributed by atoms with van der Waals surface area (Å²) in [4.78, 5) is 30.5. The minimum Gasteiger partial charge on any atom is -0.356 e. The van der Waals surface area contributed by atoms with E-state index in [1.807, 2.05) is 25.1 Å². The third kappa shape index (κ3) is 5.70. The second-order valence-electron chi connectivity index (χ2n) is 7.16. The Bertz CT molecular complexity index is 897. The molecule has 1 aromatic heterocycles. The van der Waals surface area contributed by atoms with E-state index in [2.05, 4.69) is 31.9 Å². The molecule has 30 heavy (non-hydrogen) atoms. The van der Waals surface area contributed by atoms with Gasteiger partial charge in [-0.2, -0.15) is 5.26 Å². The smallest absolute Gasteiger partial charge is 0.315 e. The Morgan fingerprint density at radius 3 is 2.47 bits per heavy atom. The fraction of sp³-hybridized carbons (Fsp3) is 0.364. The number of piperidine rings is 1. The van der Waals surface area contributed by atoms with Gasteiger partial charge in [-0.25, -0.2) is 9.78 Å². The molecule has 1 saturated heterocycles. The molecule has 156 valence electrons. The Morgan fingerprint density at radius 2 is 1.87 bits per heavy atom. The molecule has 0 radical (unpaired) electrons. The maximum Gasteiger partial charge on any atom is 0.315 e. The van der Waals surface area contributed by atoms with Gasteiger partial charge in [-0.05, 0) is 49.6 Å². The first-order chi connectivity index (χ1) is 14.6. The fourth-order valence-corrected chi connectivity index (χ4v) is 3.35. The van der Waals surface area contributed by atoms with Gasteiger partial charge in [0.15, 0.2) is 0 Å². The number of urea groups is 1. The number of nitrogens with zero attached hydrogens (tertiary/aromatic N) is 3. The van der Waals surface area contributed by atoms with Gasteiger partial charge in [-0.15, -0.1) is 0 Å². The lowest BCUT2D eigenvalue weighted by Crippen LogP contribution is -2.48. The number of nitriles is 1. The number of nitrogens with one attached hydrogen (secondary N) is 3. The Balaban J connectivity index is 1.40. The predicted molar refractivity (Wildman–Crippen MR) is 114 cm³/mol. The minimum atomic E-state index is -0.197. The van der Waals surface area contributed by atoms with Gasteiger partial charge in [0.25, 0.3) is 5.91 Å². The SMILES string of the molecule is CCNC(=O)c1ccc(CNC(=O)NC2CCN(c3ccc(C#N)cn3)CC2)cc1. The van der Waals surface area contributed by atoms with Gasteiger partial charge in [0.1, 0.15) is 11.9 Å². The molecule has 1 aliphatic rings. The van der Waals surface area contributed by atoms with Crippen molar-refractivity contribution in [3.8, 4) is 6.07 Å². The Hall–Kier alpha value is -3.60. The molecule has 2 heterocycles. The number of rotatable bonds is 6. The van der Waals surface area contributed by atoms with E-state index in [4.69, 9.17) is 5.26 Å². The first kappa shape index (κ1) is 21.1. The molecule has 8 nitrogen and oxygen atoms in total. The second-order valence-corrected chi connectivity index (χ2v) is 7.16. The summed E-state index contributed by atoms with van der Waals surface area (Å²) >= 11 is 0. The van der Waals surface area contributed by atoms with Gasteiger partial charge in [-0.3, -0.25) is 4.79 Å². The molecule has 0 spiro atoms. The van der Waals surface area contributed by atoms with Crippen LogP contribution in [-0.4, -0.2) is 42.6 Å². The molecule has 8 heteroatoms. The zero-order chi connectivity index (χ0) is 21.3. The average Bonchev–Trinajstić information content (AvgIpc) is 2.79. The maximum atomic E-state index is 12.2. The van der Waals surface area contributed by atoms with Crippen LogP contribution in [0.2, 0.25) is 0 Å². The largest absolute Gasteiger partial charge is 0.356 e. The average molecular weight is 406 g/mol. The molecule has 3 amide bonds. The molecule has 0 bridgehead atoms. The van der Waals surface area contributed by atoms with E-state index in [1.165, 1.54) is 0 Å². The van der Waals surface area contributed by atoms with E-state index in [1.54, 1.807) is 24.4 Å². The van der Waals surface area contributed by atoms with Crippen molar-refractivity contribution in [2.24, 2.45) is 0 Å². The van der Waals surface area contributed by atoms with Crippen LogP contribution in [0.3, 0.4) is 0 Å². The lowest BCUT2D eigenvalue weighted by Gasteiger charge is -2.33. The second kappa shape index (κ2) is 10.3. The number of hydrogen-bond donors (Lipinski definition) is 3. The minimum absolute atomic E-state index is 0.0997. The summed E-state index contributed by atoms with van der Waals surface area (Å²) in [7, 11) is 0. The van der Waals surface area contributed by atoms with Gasteiger partial charge in [-0.1, -0.05) is 12.1 Å². The molecule has 1 aromatic carbocycles.